The summed E-state index contributed by atoms with van der Waals surface area (Å²) < 4.78 is 0. The molecule has 1 unspecified atom stereocenters. The predicted molar refractivity (Wildman–Crippen MR) is 120 cm³/mol. The van der Waals surface area contributed by atoms with Crippen LogP contribution >= 0.6 is 12.4 Å². The lowest BCUT2D eigenvalue weighted by Gasteiger charge is -2.47. The van der Waals surface area contributed by atoms with Gasteiger partial charge in [-0.2, -0.15) is 0 Å². The maximum atomic E-state index is 9.20. The molecule has 150 valence electrons. The topological polar surface area (TPSA) is 47.9 Å². The molecule has 0 bridgehead atoms. The molecule has 3 atom stereocenters. The first-order chi connectivity index (χ1) is 13.1. The monoisotopic (exact) mass is 399 g/mol. The van der Waals surface area contributed by atoms with Crippen LogP contribution in [-0.2, 0) is 0 Å². The van der Waals surface area contributed by atoms with E-state index >= 15 is 0 Å². The highest BCUT2D eigenvalue weighted by Crippen LogP contribution is 2.55. The van der Waals surface area contributed by atoms with E-state index in [1.165, 1.54) is 16.8 Å². The van der Waals surface area contributed by atoms with Crippen molar-refractivity contribution in [1.29, 1.82) is 0 Å². The van der Waals surface area contributed by atoms with Crippen LogP contribution in [-0.4, -0.2) is 31.1 Å². The van der Waals surface area contributed by atoms with E-state index in [2.05, 4.69) is 79.6 Å². The number of aliphatic hydroxyl groups excluding tert-OH is 1. The third-order valence-electron chi connectivity index (χ3n) is 6.20. The molecule has 2 N–H and O–H groups in total. The molecule has 0 saturated heterocycles. The molecule has 2 heterocycles. The largest absolute Gasteiger partial charge is 0.396 e. The zero-order valence-electron chi connectivity index (χ0n) is 16.9. The number of hydrogen-bond acceptors (Lipinski definition) is 3. The van der Waals surface area contributed by atoms with E-state index in [1.807, 2.05) is 0 Å². The summed E-state index contributed by atoms with van der Waals surface area (Å²) in [7, 11) is 2.22. The van der Waals surface area contributed by atoms with Crippen molar-refractivity contribution >= 4 is 29.6 Å². The van der Waals surface area contributed by atoms with E-state index in [9.17, 15) is 5.11 Å². The number of fused-ring (bicyclic) bond motifs is 4. The van der Waals surface area contributed by atoms with Crippen LogP contribution in [0.2, 0.25) is 0 Å². The second-order valence-electron chi connectivity index (χ2n) is 8.11. The number of rotatable bonds is 3. The SMILES string of the molecule is CC1C[C@]2(C)C(=NCCCO)Nc3ccccc3[C@@H]2N(C)c2ccccc21.Cl. The van der Waals surface area contributed by atoms with Crippen molar-refractivity contribution in [1.82, 2.24) is 0 Å². The van der Waals surface area contributed by atoms with Gasteiger partial charge < -0.3 is 15.3 Å². The first-order valence-corrected chi connectivity index (χ1v) is 9.89. The lowest BCUT2D eigenvalue weighted by atomic mass is 9.69. The predicted octanol–water partition coefficient (Wildman–Crippen LogP) is 5.01. The van der Waals surface area contributed by atoms with Gasteiger partial charge in [0.15, 0.2) is 0 Å². The number of aliphatic hydroxyl groups is 1. The summed E-state index contributed by atoms with van der Waals surface area (Å²) in [5.74, 6) is 1.49. The lowest BCUT2D eigenvalue weighted by molar-refractivity contribution is 0.290. The number of amidine groups is 1. The minimum Gasteiger partial charge on any atom is -0.396 e. The van der Waals surface area contributed by atoms with E-state index < -0.39 is 0 Å². The molecule has 2 aromatic rings. The molecule has 5 heteroatoms. The summed E-state index contributed by atoms with van der Waals surface area (Å²) in [5.41, 5.74) is 5.05. The van der Waals surface area contributed by atoms with Crippen LogP contribution in [0, 0.1) is 5.41 Å². The van der Waals surface area contributed by atoms with Gasteiger partial charge in [-0.1, -0.05) is 50.2 Å². The zero-order valence-corrected chi connectivity index (χ0v) is 17.7. The first kappa shape index (κ1) is 20.7. The number of benzene rings is 2. The summed E-state index contributed by atoms with van der Waals surface area (Å²) >= 11 is 0. The highest BCUT2D eigenvalue weighted by molar-refractivity contribution is 6.04. The molecule has 4 nitrogen and oxygen atoms in total. The van der Waals surface area contributed by atoms with Crippen LogP contribution in [0.1, 0.15) is 49.8 Å². The van der Waals surface area contributed by atoms with Gasteiger partial charge in [-0.25, -0.2) is 0 Å². The maximum Gasteiger partial charge on any atom is 0.109 e. The Bertz CT molecular complexity index is 868. The molecule has 0 aliphatic carbocycles. The van der Waals surface area contributed by atoms with E-state index in [1.54, 1.807) is 0 Å². The van der Waals surface area contributed by atoms with E-state index in [0.29, 0.717) is 18.9 Å². The van der Waals surface area contributed by atoms with Gasteiger partial charge in [0.2, 0.25) is 0 Å². The Morgan fingerprint density at radius 3 is 2.57 bits per heavy atom. The highest BCUT2D eigenvalue weighted by atomic mass is 35.5. The molecule has 4 rings (SSSR count). The normalized spacial score (nSPS) is 27.0. The molecule has 0 aromatic heterocycles. The van der Waals surface area contributed by atoms with Gasteiger partial charge in [0, 0.05) is 31.6 Å². The Morgan fingerprint density at radius 2 is 1.82 bits per heavy atom. The van der Waals surface area contributed by atoms with Crippen LogP contribution in [0.25, 0.3) is 0 Å². The fourth-order valence-electron chi connectivity index (χ4n) is 5.03. The number of para-hydroxylation sites is 2. The van der Waals surface area contributed by atoms with Crippen LogP contribution in [0.5, 0.6) is 0 Å². The van der Waals surface area contributed by atoms with Gasteiger partial charge in [0.25, 0.3) is 0 Å². The minimum absolute atomic E-state index is 0. The summed E-state index contributed by atoms with van der Waals surface area (Å²) in [4.78, 5) is 7.36. The Labute approximate surface area is 174 Å². The number of halogens is 1. The Hall–Kier alpha value is -2.04. The van der Waals surface area contributed by atoms with Gasteiger partial charge in [-0.05, 0) is 42.0 Å². The van der Waals surface area contributed by atoms with Gasteiger partial charge >= 0.3 is 0 Å². The van der Waals surface area contributed by atoms with Crippen molar-refractivity contribution in [3.05, 3.63) is 59.7 Å². The van der Waals surface area contributed by atoms with Crippen LogP contribution in [0.15, 0.2) is 53.5 Å². The van der Waals surface area contributed by atoms with E-state index in [4.69, 9.17) is 4.99 Å². The average molecular weight is 400 g/mol. The van der Waals surface area contributed by atoms with Crippen LogP contribution in [0.4, 0.5) is 11.4 Å². The number of nitrogens with zero attached hydrogens (tertiary/aromatic N) is 2. The average Bonchev–Trinajstić information content (AvgIpc) is 2.76. The Morgan fingerprint density at radius 1 is 1.14 bits per heavy atom. The second kappa shape index (κ2) is 8.14. The molecule has 2 aliphatic heterocycles. The number of nitrogens with one attached hydrogen (secondary N) is 1. The number of anilines is 2. The summed E-state index contributed by atoms with van der Waals surface area (Å²) in [6.07, 6.45) is 1.72. The molecule has 2 aromatic carbocycles. The second-order valence-corrected chi connectivity index (χ2v) is 8.11. The van der Waals surface area contributed by atoms with Crippen molar-refractivity contribution in [3.8, 4) is 0 Å². The van der Waals surface area contributed by atoms with Crippen LogP contribution in [0.3, 0.4) is 0 Å². The van der Waals surface area contributed by atoms with E-state index in [0.717, 1.165) is 17.9 Å². The van der Waals surface area contributed by atoms with Crippen molar-refractivity contribution in [2.75, 3.05) is 30.4 Å². The van der Waals surface area contributed by atoms with E-state index in [-0.39, 0.29) is 30.5 Å². The number of hydrogen-bond donors (Lipinski definition) is 2. The van der Waals surface area contributed by atoms with Gasteiger partial charge in [-0.15, -0.1) is 12.4 Å². The molecule has 0 spiro atoms. The van der Waals surface area contributed by atoms with Crippen molar-refractivity contribution < 1.29 is 5.11 Å². The van der Waals surface area contributed by atoms with Crippen molar-refractivity contribution in [3.63, 3.8) is 0 Å². The fraction of sp³-hybridized carbons (Fsp3) is 0.435. The summed E-state index contributed by atoms with van der Waals surface area (Å²) in [6.45, 7) is 5.49. The molecular formula is C23H30ClN3O. The minimum atomic E-state index is -0.128. The molecule has 28 heavy (non-hydrogen) atoms. The Kier molecular flexibility index (Phi) is 6.01. The zero-order chi connectivity index (χ0) is 19.0. The first-order valence-electron chi connectivity index (χ1n) is 9.89. The standard InChI is InChI=1S/C23H29N3O.ClH/c1-16-15-23(2)21(26(3)20-12-7-5-9-17(16)20)18-10-4-6-11-19(18)25-22(23)24-13-8-14-27;/h4-7,9-12,16,21,27H,8,13-15H2,1-3H3,(H,24,25);1H/t16?,21-,23-;/m0./s1. The molecular weight excluding hydrogens is 370 g/mol. The molecule has 0 saturated carbocycles. The molecule has 0 amide bonds. The van der Waals surface area contributed by atoms with Gasteiger partial charge in [-0.3, -0.25) is 4.99 Å². The number of aliphatic imine (C=N–C) groups is 1. The highest BCUT2D eigenvalue weighted by Gasteiger charge is 2.49. The van der Waals surface area contributed by atoms with Crippen molar-refractivity contribution in [2.24, 2.45) is 10.4 Å². The summed E-state index contributed by atoms with van der Waals surface area (Å²) in [5, 5.41) is 12.8. The molecule has 0 fully saturated rings. The quantitative estimate of drug-likeness (QED) is 0.713. The van der Waals surface area contributed by atoms with Gasteiger partial charge in [0.05, 0.1) is 11.5 Å². The fourth-order valence-corrected chi connectivity index (χ4v) is 5.03. The smallest absolute Gasteiger partial charge is 0.109 e. The van der Waals surface area contributed by atoms with Crippen LogP contribution < -0.4 is 10.2 Å². The molecule has 0 radical (unpaired) electrons. The van der Waals surface area contributed by atoms with Crippen molar-refractivity contribution in [2.45, 2.75) is 38.6 Å². The molecule has 2 aliphatic rings. The summed E-state index contributed by atoms with van der Waals surface area (Å²) in [6, 6.07) is 17.6. The lowest BCUT2D eigenvalue weighted by Crippen LogP contribution is -2.48. The Balaban J connectivity index is 0.00000225. The third-order valence-corrected chi connectivity index (χ3v) is 6.20. The van der Waals surface area contributed by atoms with Gasteiger partial charge in [0.1, 0.15) is 5.84 Å². The maximum absolute atomic E-state index is 9.20. The third kappa shape index (κ3) is 3.29.